The van der Waals surface area contributed by atoms with E-state index in [0.29, 0.717) is 0 Å². The lowest BCUT2D eigenvalue weighted by molar-refractivity contribution is -0.386. The molecule has 0 bridgehead atoms. The van der Waals surface area contributed by atoms with Crippen molar-refractivity contribution >= 4 is 23.4 Å². The van der Waals surface area contributed by atoms with Gasteiger partial charge < -0.3 is 9.84 Å². The number of carboxylic acid groups (broad SMARTS) is 1. The smallest absolute Gasteiger partial charge is 0.319 e. The third-order valence-corrected chi connectivity index (χ3v) is 3.53. The molecule has 19 heavy (non-hydrogen) atoms. The summed E-state index contributed by atoms with van der Waals surface area (Å²) in [6.45, 7) is 2.82. The van der Waals surface area contributed by atoms with Crippen molar-refractivity contribution in [1.29, 1.82) is 0 Å². The van der Waals surface area contributed by atoms with Crippen LogP contribution in [0, 0.1) is 15.9 Å². The number of ether oxygens (including phenoxy) is 1. The summed E-state index contributed by atoms with van der Waals surface area (Å²) < 4.78 is 17.3. The summed E-state index contributed by atoms with van der Waals surface area (Å²) >= 11 is 0.753. The second kappa shape index (κ2) is 5.43. The van der Waals surface area contributed by atoms with Gasteiger partial charge in [0, 0.05) is 11.0 Å². The summed E-state index contributed by atoms with van der Waals surface area (Å²) in [6, 6.07) is 1.85. The molecular weight excluding hydrogens is 277 g/mol. The van der Waals surface area contributed by atoms with E-state index in [1.165, 1.54) is 21.0 Å². The fraction of sp³-hybridized carbons (Fsp3) is 0.364. The summed E-state index contributed by atoms with van der Waals surface area (Å²) in [5, 5.41) is 19.7. The first-order chi connectivity index (χ1) is 8.69. The first-order valence-corrected chi connectivity index (χ1v) is 5.95. The number of rotatable bonds is 5. The maximum absolute atomic E-state index is 13.7. The molecule has 8 heteroatoms. The van der Waals surface area contributed by atoms with Gasteiger partial charge in [-0.1, -0.05) is 0 Å². The highest BCUT2D eigenvalue weighted by Crippen LogP contribution is 2.39. The molecule has 0 saturated carbocycles. The number of nitrogens with zero attached hydrogens (tertiary/aromatic N) is 1. The van der Waals surface area contributed by atoms with Crippen LogP contribution in [0.25, 0.3) is 0 Å². The summed E-state index contributed by atoms with van der Waals surface area (Å²) in [7, 11) is 1.22. The largest absolute Gasteiger partial charge is 0.490 e. The van der Waals surface area contributed by atoms with Gasteiger partial charge in [-0.15, -0.1) is 11.8 Å². The Bertz CT molecular complexity index is 532. The summed E-state index contributed by atoms with van der Waals surface area (Å²) in [6.07, 6.45) is 0. The number of benzene rings is 1. The van der Waals surface area contributed by atoms with Gasteiger partial charge in [-0.3, -0.25) is 14.9 Å². The Labute approximate surface area is 112 Å². The molecule has 0 atom stereocenters. The molecule has 0 amide bonds. The number of carbonyl (C=O) groups is 1. The second-order valence-electron chi connectivity index (χ2n) is 4.13. The number of carboxylic acids is 1. The highest BCUT2D eigenvalue weighted by Gasteiger charge is 2.31. The van der Waals surface area contributed by atoms with Gasteiger partial charge in [0.05, 0.1) is 18.1 Å². The molecule has 0 spiro atoms. The fourth-order valence-corrected chi connectivity index (χ4v) is 2.19. The molecule has 1 N–H and O–H groups in total. The molecule has 0 fully saturated rings. The summed E-state index contributed by atoms with van der Waals surface area (Å²) in [5.74, 6) is -2.09. The molecule has 0 aliphatic heterocycles. The number of hydrogen-bond acceptors (Lipinski definition) is 5. The van der Waals surface area contributed by atoms with Crippen LogP contribution in [-0.4, -0.2) is 27.9 Å². The molecule has 1 rings (SSSR count). The topological polar surface area (TPSA) is 89.7 Å². The Morgan fingerprint density at radius 3 is 2.53 bits per heavy atom. The molecule has 0 aliphatic carbocycles. The number of aliphatic carboxylic acids is 1. The van der Waals surface area contributed by atoms with E-state index in [0.717, 1.165) is 23.9 Å². The molecule has 1 aromatic carbocycles. The van der Waals surface area contributed by atoms with Gasteiger partial charge in [0.2, 0.25) is 0 Å². The van der Waals surface area contributed by atoms with Crippen molar-refractivity contribution in [2.45, 2.75) is 23.5 Å². The SMILES string of the molecule is COc1cc(SC(C)(C)C(=O)O)c(F)cc1[N+](=O)[O-]. The first-order valence-electron chi connectivity index (χ1n) is 5.13. The van der Waals surface area contributed by atoms with Crippen LogP contribution in [0.3, 0.4) is 0 Å². The van der Waals surface area contributed by atoms with Crippen molar-refractivity contribution in [3.8, 4) is 5.75 Å². The number of methoxy groups -OCH3 is 1. The Morgan fingerprint density at radius 1 is 1.53 bits per heavy atom. The van der Waals surface area contributed by atoms with Gasteiger partial charge in [-0.2, -0.15) is 0 Å². The quantitative estimate of drug-likeness (QED) is 0.509. The van der Waals surface area contributed by atoms with Crippen LogP contribution in [-0.2, 0) is 4.79 Å². The van der Waals surface area contributed by atoms with Crippen molar-refractivity contribution in [2.75, 3.05) is 7.11 Å². The van der Waals surface area contributed by atoms with Gasteiger partial charge in [-0.25, -0.2) is 4.39 Å². The van der Waals surface area contributed by atoms with Gasteiger partial charge >= 0.3 is 11.7 Å². The molecular formula is C11H12FNO5S. The van der Waals surface area contributed by atoms with Crippen molar-refractivity contribution in [2.24, 2.45) is 0 Å². The third kappa shape index (κ3) is 3.34. The van der Waals surface area contributed by atoms with Gasteiger partial charge in [0.15, 0.2) is 5.75 Å². The predicted molar refractivity (Wildman–Crippen MR) is 67.2 cm³/mol. The Morgan fingerprint density at radius 2 is 2.11 bits per heavy atom. The molecule has 0 unspecified atom stereocenters. The van der Waals surface area contributed by atoms with E-state index >= 15 is 0 Å². The predicted octanol–water partition coefficient (Wildman–Crippen LogP) is 2.70. The van der Waals surface area contributed by atoms with Crippen LogP contribution in [0.1, 0.15) is 13.8 Å². The minimum absolute atomic E-state index is 0.0187. The molecule has 0 saturated heterocycles. The third-order valence-electron chi connectivity index (χ3n) is 2.31. The normalized spacial score (nSPS) is 11.2. The van der Waals surface area contributed by atoms with E-state index in [1.807, 2.05) is 0 Å². The lowest BCUT2D eigenvalue weighted by Crippen LogP contribution is -2.27. The number of hydrogen-bond donors (Lipinski definition) is 1. The maximum Gasteiger partial charge on any atom is 0.319 e. The first kappa shape index (κ1) is 15.2. The summed E-state index contributed by atoms with van der Waals surface area (Å²) in [4.78, 5) is 20.9. The van der Waals surface area contributed by atoms with Crippen molar-refractivity contribution in [3.05, 3.63) is 28.1 Å². The van der Waals surface area contributed by atoms with Crippen LogP contribution in [0.5, 0.6) is 5.75 Å². The number of halogens is 1. The average Bonchev–Trinajstić information content (AvgIpc) is 2.30. The van der Waals surface area contributed by atoms with Gasteiger partial charge in [-0.05, 0) is 13.8 Å². The van der Waals surface area contributed by atoms with Crippen molar-refractivity contribution < 1.29 is 24.0 Å². The highest BCUT2D eigenvalue weighted by atomic mass is 32.2. The van der Waals surface area contributed by atoms with Crippen LogP contribution < -0.4 is 4.74 Å². The Balaban J connectivity index is 3.24. The Kier molecular flexibility index (Phi) is 4.35. The number of nitro benzene ring substituents is 1. The zero-order valence-electron chi connectivity index (χ0n) is 10.5. The monoisotopic (exact) mass is 289 g/mol. The fourth-order valence-electron chi connectivity index (χ4n) is 1.23. The number of nitro groups is 1. The minimum Gasteiger partial charge on any atom is -0.490 e. The van der Waals surface area contributed by atoms with E-state index in [9.17, 15) is 19.3 Å². The average molecular weight is 289 g/mol. The van der Waals surface area contributed by atoms with Crippen LogP contribution in [0.2, 0.25) is 0 Å². The van der Waals surface area contributed by atoms with E-state index < -0.39 is 27.1 Å². The van der Waals surface area contributed by atoms with Crippen molar-refractivity contribution in [1.82, 2.24) is 0 Å². The maximum atomic E-state index is 13.7. The second-order valence-corrected chi connectivity index (χ2v) is 5.79. The Hall–Kier alpha value is -1.83. The summed E-state index contributed by atoms with van der Waals surface area (Å²) in [5.41, 5.74) is -0.502. The molecule has 1 aromatic rings. The molecule has 0 aliphatic rings. The van der Waals surface area contributed by atoms with E-state index in [1.54, 1.807) is 0 Å². The zero-order valence-corrected chi connectivity index (χ0v) is 11.3. The molecule has 104 valence electrons. The minimum atomic E-state index is -1.26. The van der Waals surface area contributed by atoms with Crippen LogP contribution in [0.15, 0.2) is 17.0 Å². The highest BCUT2D eigenvalue weighted by molar-refractivity contribution is 8.01. The van der Waals surface area contributed by atoms with Crippen molar-refractivity contribution in [3.63, 3.8) is 0 Å². The number of thioether (sulfide) groups is 1. The van der Waals surface area contributed by atoms with Crippen LogP contribution >= 0.6 is 11.8 Å². The molecule has 0 radical (unpaired) electrons. The van der Waals surface area contributed by atoms with E-state index in [4.69, 9.17) is 9.84 Å². The molecule has 0 heterocycles. The van der Waals surface area contributed by atoms with E-state index in [2.05, 4.69) is 0 Å². The van der Waals surface area contributed by atoms with E-state index in [-0.39, 0.29) is 10.6 Å². The van der Waals surface area contributed by atoms with Gasteiger partial charge in [0.1, 0.15) is 10.6 Å². The zero-order chi connectivity index (χ0) is 14.8. The van der Waals surface area contributed by atoms with Crippen LogP contribution in [0.4, 0.5) is 10.1 Å². The lowest BCUT2D eigenvalue weighted by Gasteiger charge is -2.19. The molecule has 6 nitrogen and oxygen atoms in total. The standard InChI is InChI=1S/C11H12FNO5S/c1-11(2,10(14)15)19-9-5-8(18-3)7(13(16)17)4-6(9)12/h4-5H,1-3H3,(H,14,15). The van der Waals surface area contributed by atoms with Gasteiger partial charge in [0.25, 0.3) is 0 Å². The lowest BCUT2D eigenvalue weighted by atomic mass is 10.2. The molecule has 0 aromatic heterocycles.